The highest BCUT2D eigenvalue weighted by molar-refractivity contribution is 5.81. The molecule has 0 spiro atoms. The van der Waals surface area contributed by atoms with Crippen LogP contribution in [0.5, 0.6) is 0 Å². The van der Waals surface area contributed by atoms with Gasteiger partial charge in [0.15, 0.2) is 0 Å². The molecule has 92 valence electrons. The number of hydrogen-bond acceptors (Lipinski definition) is 4. The van der Waals surface area contributed by atoms with E-state index in [4.69, 9.17) is 9.47 Å². The fourth-order valence-electron chi connectivity index (χ4n) is 0.884. The molecule has 1 N–H and O–H groups in total. The van der Waals surface area contributed by atoms with Gasteiger partial charge in [0.2, 0.25) is 0 Å². The van der Waals surface area contributed by atoms with Crippen LogP contribution < -0.4 is 5.32 Å². The molecule has 1 atom stereocenters. The van der Waals surface area contributed by atoms with Gasteiger partial charge < -0.3 is 14.8 Å². The second-order valence-electron chi connectivity index (χ2n) is 3.33. The molecule has 0 aliphatic heterocycles. The Bertz CT molecular complexity index is 240. The van der Waals surface area contributed by atoms with Crippen LogP contribution in [-0.4, -0.2) is 31.3 Å². The monoisotopic (exact) mass is 229 g/mol. The van der Waals surface area contributed by atoms with Crippen LogP contribution in [0, 0.1) is 0 Å². The van der Waals surface area contributed by atoms with Crippen molar-refractivity contribution in [2.45, 2.75) is 32.8 Å². The van der Waals surface area contributed by atoms with Gasteiger partial charge in [0.05, 0.1) is 0 Å². The summed E-state index contributed by atoms with van der Waals surface area (Å²) in [4.78, 5) is 21.9. The predicted octanol–water partition coefficient (Wildman–Crippen LogP) is 1.63. The Kier molecular flexibility index (Phi) is 7.93. The van der Waals surface area contributed by atoms with E-state index in [1.54, 1.807) is 6.92 Å². The van der Waals surface area contributed by atoms with Crippen molar-refractivity contribution < 1.29 is 19.1 Å². The van der Waals surface area contributed by atoms with E-state index in [2.05, 4.69) is 11.9 Å². The molecule has 1 unspecified atom stereocenters. The molecule has 0 saturated carbocycles. The lowest BCUT2D eigenvalue weighted by molar-refractivity contribution is -0.140. The summed E-state index contributed by atoms with van der Waals surface area (Å²) in [7, 11) is 0. The highest BCUT2D eigenvalue weighted by Gasteiger charge is 2.10. The van der Waals surface area contributed by atoms with Gasteiger partial charge >= 0.3 is 12.1 Å². The van der Waals surface area contributed by atoms with Crippen LogP contribution >= 0.6 is 0 Å². The molecule has 5 heteroatoms. The number of nitrogens with one attached hydrogen (secondary N) is 1. The summed E-state index contributed by atoms with van der Waals surface area (Å²) in [5.41, 5.74) is 0. The first kappa shape index (κ1) is 14.5. The Labute approximate surface area is 95.8 Å². The van der Waals surface area contributed by atoms with Crippen molar-refractivity contribution in [3.05, 3.63) is 12.7 Å². The van der Waals surface area contributed by atoms with Crippen molar-refractivity contribution in [1.29, 1.82) is 0 Å². The third kappa shape index (κ3) is 7.84. The minimum Gasteiger partial charge on any atom is -0.459 e. The zero-order chi connectivity index (χ0) is 12.4. The Morgan fingerprint density at radius 1 is 1.50 bits per heavy atom. The molecule has 0 aliphatic rings. The molecule has 0 aliphatic carbocycles. The van der Waals surface area contributed by atoms with E-state index in [1.807, 2.05) is 6.92 Å². The van der Waals surface area contributed by atoms with Gasteiger partial charge in [-0.25, -0.2) is 9.59 Å². The number of ether oxygens (including phenoxy) is 2. The van der Waals surface area contributed by atoms with Crippen molar-refractivity contribution in [3.8, 4) is 0 Å². The Morgan fingerprint density at radius 2 is 2.19 bits per heavy atom. The number of esters is 1. The smallest absolute Gasteiger partial charge is 0.407 e. The predicted molar refractivity (Wildman–Crippen MR) is 60.0 cm³/mol. The van der Waals surface area contributed by atoms with Crippen LogP contribution in [0.25, 0.3) is 0 Å². The summed E-state index contributed by atoms with van der Waals surface area (Å²) < 4.78 is 9.65. The molecular weight excluding hydrogens is 210 g/mol. The molecule has 1 amide bonds. The topological polar surface area (TPSA) is 64.6 Å². The summed E-state index contributed by atoms with van der Waals surface area (Å²) in [6, 6.07) is 0. The zero-order valence-electron chi connectivity index (χ0n) is 9.82. The lowest BCUT2D eigenvalue weighted by atomic mass is 10.3. The average molecular weight is 229 g/mol. The fraction of sp³-hybridized carbons (Fsp3) is 0.636. The minimum absolute atomic E-state index is 0.0338. The Balaban J connectivity index is 3.61. The molecular formula is C11H19NO4. The van der Waals surface area contributed by atoms with E-state index >= 15 is 0 Å². The van der Waals surface area contributed by atoms with E-state index in [0.717, 1.165) is 18.9 Å². The van der Waals surface area contributed by atoms with Crippen LogP contribution in [0.2, 0.25) is 0 Å². The normalized spacial score (nSPS) is 11.4. The van der Waals surface area contributed by atoms with Crippen molar-refractivity contribution in [3.63, 3.8) is 0 Å². The average Bonchev–Trinajstić information content (AvgIpc) is 2.26. The maximum Gasteiger partial charge on any atom is 0.407 e. The first-order chi connectivity index (χ1) is 7.60. The lowest BCUT2D eigenvalue weighted by Gasteiger charge is -2.13. The third-order valence-electron chi connectivity index (χ3n) is 1.73. The number of rotatable bonds is 7. The number of carbonyl (C=O) groups is 2. The highest BCUT2D eigenvalue weighted by Crippen LogP contribution is 1.94. The molecule has 0 heterocycles. The molecule has 0 fully saturated rings. The summed E-state index contributed by atoms with van der Waals surface area (Å²) in [5, 5.41) is 2.59. The zero-order valence-corrected chi connectivity index (χ0v) is 9.82. The molecule has 0 aromatic carbocycles. The van der Waals surface area contributed by atoms with Gasteiger partial charge in [-0.1, -0.05) is 19.9 Å². The van der Waals surface area contributed by atoms with Crippen molar-refractivity contribution in [2.75, 3.05) is 13.2 Å². The van der Waals surface area contributed by atoms with E-state index in [1.165, 1.54) is 0 Å². The van der Waals surface area contributed by atoms with E-state index in [-0.39, 0.29) is 6.61 Å². The lowest BCUT2D eigenvalue weighted by Crippen LogP contribution is -2.30. The standard InChI is InChI=1S/C11H19NO4/c1-4-6-7-12-11(14)16-9(3)8-15-10(13)5-2/h5,9H,2,4,6-8H2,1,3H3,(H,12,14). The Morgan fingerprint density at radius 3 is 2.75 bits per heavy atom. The summed E-state index contributed by atoms with van der Waals surface area (Å²) in [6.45, 7) is 7.56. The Hall–Kier alpha value is -1.52. The molecule has 0 aromatic heterocycles. The van der Waals surface area contributed by atoms with Crippen LogP contribution in [0.15, 0.2) is 12.7 Å². The first-order valence-electron chi connectivity index (χ1n) is 5.33. The van der Waals surface area contributed by atoms with Crippen molar-refractivity contribution in [2.24, 2.45) is 0 Å². The summed E-state index contributed by atoms with van der Waals surface area (Å²) in [6.07, 6.45) is 2.02. The fourth-order valence-corrected chi connectivity index (χ4v) is 0.884. The second-order valence-corrected chi connectivity index (χ2v) is 3.33. The van der Waals surface area contributed by atoms with Gasteiger partial charge in [0.25, 0.3) is 0 Å². The van der Waals surface area contributed by atoms with Crippen LogP contribution in [-0.2, 0) is 14.3 Å². The molecule has 0 saturated heterocycles. The number of hydrogen-bond donors (Lipinski definition) is 1. The van der Waals surface area contributed by atoms with E-state index in [0.29, 0.717) is 6.54 Å². The molecule has 16 heavy (non-hydrogen) atoms. The van der Waals surface area contributed by atoms with Gasteiger partial charge in [-0.2, -0.15) is 0 Å². The molecule has 0 rings (SSSR count). The quantitative estimate of drug-likeness (QED) is 0.409. The van der Waals surface area contributed by atoms with Gasteiger partial charge in [-0.3, -0.25) is 0 Å². The van der Waals surface area contributed by atoms with Gasteiger partial charge in [-0.15, -0.1) is 0 Å². The van der Waals surface area contributed by atoms with Crippen molar-refractivity contribution >= 4 is 12.1 Å². The largest absolute Gasteiger partial charge is 0.459 e. The highest BCUT2D eigenvalue weighted by atomic mass is 16.6. The number of unbranched alkanes of at least 4 members (excludes halogenated alkanes) is 1. The summed E-state index contributed by atoms with van der Waals surface area (Å²) >= 11 is 0. The van der Waals surface area contributed by atoms with Crippen LogP contribution in [0.4, 0.5) is 4.79 Å². The molecule has 0 bridgehead atoms. The van der Waals surface area contributed by atoms with E-state index < -0.39 is 18.2 Å². The maximum absolute atomic E-state index is 11.1. The SMILES string of the molecule is C=CC(=O)OCC(C)OC(=O)NCCCC. The number of alkyl carbamates (subject to hydrolysis) is 1. The van der Waals surface area contributed by atoms with Crippen molar-refractivity contribution in [1.82, 2.24) is 5.32 Å². The molecule has 0 radical (unpaired) electrons. The van der Waals surface area contributed by atoms with Gasteiger partial charge in [0, 0.05) is 12.6 Å². The minimum atomic E-state index is -0.526. The maximum atomic E-state index is 11.1. The van der Waals surface area contributed by atoms with E-state index in [9.17, 15) is 9.59 Å². The second kappa shape index (κ2) is 8.76. The number of carbonyl (C=O) groups excluding carboxylic acids is 2. The third-order valence-corrected chi connectivity index (χ3v) is 1.73. The number of amides is 1. The molecule has 5 nitrogen and oxygen atoms in total. The van der Waals surface area contributed by atoms with Crippen LogP contribution in [0.1, 0.15) is 26.7 Å². The van der Waals surface area contributed by atoms with Gasteiger partial charge in [-0.05, 0) is 13.3 Å². The summed E-state index contributed by atoms with van der Waals surface area (Å²) in [5.74, 6) is -0.526. The van der Waals surface area contributed by atoms with Gasteiger partial charge in [0.1, 0.15) is 12.7 Å². The van der Waals surface area contributed by atoms with Crippen LogP contribution in [0.3, 0.4) is 0 Å². The first-order valence-corrected chi connectivity index (χ1v) is 5.33. The molecule has 0 aromatic rings.